The number of benzene rings is 1. The van der Waals surface area contributed by atoms with E-state index in [0.717, 1.165) is 24.2 Å². The molecule has 5 heteroatoms. The second-order valence-electron chi connectivity index (χ2n) is 3.31. The van der Waals surface area contributed by atoms with Crippen LogP contribution in [0.25, 0.3) is 11.1 Å². The first-order chi connectivity index (χ1) is 7.29. The molecule has 0 unspecified atom stereocenters. The van der Waals surface area contributed by atoms with Crippen molar-refractivity contribution in [2.24, 2.45) is 5.73 Å². The highest BCUT2D eigenvalue weighted by atomic mass is 16.4. The molecular formula is C10H13N3O2. The van der Waals surface area contributed by atoms with Crippen LogP contribution >= 0.6 is 0 Å². The number of fused-ring (bicyclic) bond motifs is 1. The summed E-state index contributed by atoms with van der Waals surface area (Å²) in [4.78, 5) is 13.5. The Morgan fingerprint density at radius 1 is 1.47 bits per heavy atom. The highest BCUT2D eigenvalue weighted by Crippen LogP contribution is 2.11. The average Bonchev–Trinajstić information content (AvgIpc) is 2.57. The SMILES string of the molecule is NCCNCc1ccc2[nH]c(=O)oc2c1. The molecule has 2 aromatic rings. The lowest BCUT2D eigenvalue weighted by molar-refractivity contribution is 0.554. The summed E-state index contributed by atoms with van der Waals surface area (Å²) in [6, 6.07) is 5.62. The molecule has 0 spiro atoms. The highest BCUT2D eigenvalue weighted by Gasteiger charge is 2.01. The summed E-state index contributed by atoms with van der Waals surface area (Å²) >= 11 is 0. The van der Waals surface area contributed by atoms with Crippen LogP contribution < -0.4 is 16.8 Å². The Morgan fingerprint density at radius 3 is 3.13 bits per heavy atom. The number of H-pyrrole nitrogens is 1. The largest absolute Gasteiger partial charge is 0.417 e. The van der Waals surface area contributed by atoms with Crippen molar-refractivity contribution in [1.29, 1.82) is 0 Å². The van der Waals surface area contributed by atoms with E-state index in [1.165, 1.54) is 0 Å². The van der Waals surface area contributed by atoms with Gasteiger partial charge in [-0.25, -0.2) is 4.79 Å². The van der Waals surface area contributed by atoms with Gasteiger partial charge in [-0.3, -0.25) is 4.98 Å². The smallest absolute Gasteiger partial charge is 0.408 e. The molecule has 0 saturated carbocycles. The van der Waals surface area contributed by atoms with Crippen molar-refractivity contribution in [3.8, 4) is 0 Å². The molecule has 5 nitrogen and oxygen atoms in total. The Morgan fingerprint density at radius 2 is 2.33 bits per heavy atom. The van der Waals surface area contributed by atoms with Gasteiger partial charge < -0.3 is 15.5 Å². The van der Waals surface area contributed by atoms with E-state index in [1.807, 2.05) is 18.2 Å². The highest BCUT2D eigenvalue weighted by molar-refractivity contribution is 5.72. The van der Waals surface area contributed by atoms with E-state index in [4.69, 9.17) is 10.2 Å². The minimum absolute atomic E-state index is 0.419. The minimum Gasteiger partial charge on any atom is -0.408 e. The van der Waals surface area contributed by atoms with Crippen molar-refractivity contribution in [2.45, 2.75) is 6.54 Å². The number of aromatic amines is 1. The third-order valence-corrected chi connectivity index (χ3v) is 2.14. The predicted molar refractivity (Wildman–Crippen MR) is 57.6 cm³/mol. The Labute approximate surface area is 86.3 Å². The molecule has 0 aliphatic heterocycles. The Kier molecular flexibility index (Phi) is 2.84. The maximum atomic E-state index is 10.9. The first kappa shape index (κ1) is 9.95. The van der Waals surface area contributed by atoms with E-state index in [1.54, 1.807) is 0 Å². The summed E-state index contributed by atoms with van der Waals surface area (Å²) in [7, 11) is 0. The zero-order chi connectivity index (χ0) is 10.7. The lowest BCUT2D eigenvalue weighted by Gasteiger charge is -2.02. The molecule has 0 fully saturated rings. The van der Waals surface area contributed by atoms with Crippen molar-refractivity contribution in [1.82, 2.24) is 10.3 Å². The molecular weight excluding hydrogens is 194 g/mol. The molecule has 0 amide bonds. The molecule has 0 aliphatic rings. The van der Waals surface area contributed by atoms with Crippen LogP contribution in [0.5, 0.6) is 0 Å². The first-order valence-electron chi connectivity index (χ1n) is 4.82. The number of aromatic nitrogens is 1. The topological polar surface area (TPSA) is 84.0 Å². The van der Waals surface area contributed by atoms with E-state index >= 15 is 0 Å². The second kappa shape index (κ2) is 4.29. The van der Waals surface area contributed by atoms with Gasteiger partial charge in [0.2, 0.25) is 0 Å². The maximum absolute atomic E-state index is 10.9. The molecule has 2 rings (SSSR count). The van der Waals surface area contributed by atoms with Crippen LogP contribution in [-0.2, 0) is 6.54 Å². The number of nitrogens with one attached hydrogen (secondary N) is 2. The van der Waals surface area contributed by atoms with Crippen LogP contribution in [0.3, 0.4) is 0 Å². The van der Waals surface area contributed by atoms with Gasteiger partial charge in [0, 0.05) is 19.6 Å². The van der Waals surface area contributed by atoms with Crippen LogP contribution in [0.4, 0.5) is 0 Å². The predicted octanol–water partition coefficient (Wildman–Crippen LogP) is 0.169. The fourth-order valence-electron chi connectivity index (χ4n) is 1.43. The number of oxazole rings is 1. The first-order valence-corrected chi connectivity index (χ1v) is 4.82. The van der Waals surface area contributed by atoms with Crippen LogP contribution in [0, 0.1) is 0 Å². The van der Waals surface area contributed by atoms with Gasteiger partial charge >= 0.3 is 5.76 Å². The number of hydrogen-bond donors (Lipinski definition) is 3. The molecule has 0 aliphatic carbocycles. The standard InChI is InChI=1S/C10H13N3O2/c11-3-4-12-6-7-1-2-8-9(5-7)15-10(14)13-8/h1-2,5,12H,3-4,6,11H2,(H,13,14). The third kappa shape index (κ3) is 2.26. The van der Waals surface area contributed by atoms with E-state index in [-0.39, 0.29) is 0 Å². The Balaban J connectivity index is 2.19. The van der Waals surface area contributed by atoms with Crippen LogP contribution in [0.15, 0.2) is 27.4 Å². The molecule has 0 saturated heterocycles. The lowest BCUT2D eigenvalue weighted by atomic mass is 10.2. The minimum atomic E-state index is -0.419. The molecule has 0 radical (unpaired) electrons. The molecule has 1 aromatic heterocycles. The summed E-state index contributed by atoms with van der Waals surface area (Å²) in [5.41, 5.74) is 7.74. The molecule has 0 atom stereocenters. The van der Waals surface area contributed by atoms with Gasteiger partial charge in [-0.1, -0.05) is 6.07 Å². The molecule has 1 aromatic carbocycles. The van der Waals surface area contributed by atoms with Gasteiger partial charge in [0.1, 0.15) is 0 Å². The summed E-state index contributed by atoms with van der Waals surface area (Å²) in [5.74, 6) is -0.419. The fraction of sp³-hybridized carbons (Fsp3) is 0.300. The van der Waals surface area contributed by atoms with Crippen molar-refractivity contribution in [3.63, 3.8) is 0 Å². The number of nitrogens with two attached hydrogens (primary N) is 1. The summed E-state index contributed by atoms with van der Waals surface area (Å²) in [6.45, 7) is 2.11. The molecule has 4 N–H and O–H groups in total. The van der Waals surface area contributed by atoms with Crippen LogP contribution in [0.2, 0.25) is 0 Å². The van der Waals surface area contributed by atoms with Gasteiger partial charge in [0.05, 0.1) is 5.52 Å². The molecule has 15 heavy (non-hydrogen) atoms. The Hall–Kier alpha value is -1.59. The monoisotopic (exact) mass is 207 g/mol. The van der Waals surface area contributed by atoms with Gasteiger partial charge in [-0.15, -0.1) is 0 Å². The molecule has 1 heterocycles. The Bertz CT molecular complexity index is 501. The quantitative estimate of drug-likeness (QED) is 0.624. The van der Waals surface area contributed by atoms with E-state index in [9.17, 15) is 4.79 Å². The van der Waals surface area contributed by atoms with Gasteiger partial charge in [-0.2, -0.15) is 0 Å². The normalized spacial score (nSPS) is 11.0. The summed E-state index contributed by atoms with van der Waals surface area (Å²) < 4.78 is 4.95. The van der Waals surface area contributed by atoms with Crippen molar-refractivity contribution < 1.29 is 4.42 Å². The zero-order valence-corrected chi connectivity index (χ0v) is 8.25. The molecule has 80 valence electrons. The lowest BCUT2D eigenvalue weighted by Crippen LogP contribution is -2.21. The zero-order valence-electron chi connectivity index (χ0n) is 8.25. The van der Waals surface area contributed by atoms with E-state index < -0.39 is 5.76 Å². The van der Waals surface area contributed by atoms with Gasteiger partial charge in [0.15, 0.2) is 5.58 Å². The third-order valence-electron chi connectivity index (χ3n) is 2.14. The maximum Gasteiger partial charge on any atom is 0.417 e. The van der Waals surface area contributed by atoms with Crippen molar-refractivity contribution in [2.75, 3.05) is 13.1 Å². The van der Waals surface area contributed by atoms with Crippen LogP contribution in [0.1, 0.15) is 5.56 Å². The second-order valence-corrected chi connectivity index (χ2v) is 3.31. The number of rotatable bonds is 4. The van der Waals surface area contributed by atoms with Crippen molar-refractivity contribution >= 4 is 11.1 Å². The van der Waals surface area contributed by atoms with Gasteiger partial charge in [-0.05, 0) is 17.7 Å². The van der Waals surface area contributed by atoms with Crippen molar-refractivity contribution in [3.05, 3.63) is 34.3 Å². The van der Waals surface area contributed by atoms with E-state index in [0.29, 0.717) is 12.1 Å². The summed E-state index contributed by atoms with van der Waals surface area (Å²) in [6.07, 6.45) is 0. The number of hydrogen-bond acceptors (Lipinski definition) is 4. The van der Waals surface area contributed by atoms with Crippen LogP contribution in [-0.4, -0.2) is 18.1 Å². The fourth-order valence-corrected chi connectivity index (χ4v) is 1.43. The van der Waals surface area contributed by atoms with E-state index in [2.05, 4.69) is 10.3 Å². The average molecular weight is 207 g/mol. The summed E-state index contributed by atoms with van der Waals surface area (Å²) in [5, 5.41) is 3.17. The van der Waals surface area contributed by atoms with Gasteiger partial charge in [0.25, 0.3) is 0 Å². The molecule has 0 bridgehead atoms.